The van der Waals surface area contributed by atoms with Gasteiger partial charge in [-0.25, -0.2) is 9.48 Å². The summed E-state index contributed by atoms with van der Waals surface area (Å²) in [6, 6.07) is 9.34. The fourth-order valence-electron chi connectivity index (χ4n) is 3.41. The first-order chi connectivity index (χ1) is 12.9. The molecule has 0 aliphatic rings. The van der Waals surface area contributed by atoms with E-state index in [1.807, 2.05) is 37.3 Å². The lowest BCUT2D eigenvalue weighted by atomic mass is 9.94. The highest BCUT2D eigenvalue weighted by atomic mass is 16.5. The van der Waals surface area contributed by atoms with Crippen molar-refractivity contribution >= 4 is 16.7 Å². The van der Waals surface area contributed by atoms with E-state index in [1.54, 1.807) is 28.0 Å². The van der Waals surface area contributed by atoms with Gasteiger partial charge in [0.2, 0.25) is 0 Å². The van der Waals surface area contributed by atoms with Gasteiger partial charge in [-0.15, -0.1) is 0 Å². The van der Waals surface area contributed by atoms with Gasteiger partial charge in [-0.3, -0.25) is 4.79 Å². The summed E-state index contributed by atoms with van der Waals surface area (Å²) in [5, 5.41) is 5.63. The summed E-state index contributed by atoms with van der Waals surface area (Å²) in [6.07, 6.45) is 0. The van der Waals surface area contributed by atoms with E-state index < -0.39 is 5.97 Å². The van der Waals surface area contributed by atoms with Crippen molar-refractivity contribution in [3.63, 3.8) is 0 Å². The number of methoxy groups -OCH3 is 1. The van der Waals surface area contributed by atoms with Crippen LogP contribution in [0.15, 0.2) is 35.1 Å². The van der Waals surface area contributed by atoms with Gasteiger partial charge in [-0.2, -0.15) is 5.10 Å². The summed E-state index contributed by atoms with van der Waals surface area (Å²) >= 11 is 0. The number of esters is 1. The van der Waals surface area contributed by atoms with Crippen LogP contribution in [0.5, 0.6) is 5.75 Å². The van der Waals surface area contributed by atoms with Gasteiger partial charge in [-0.1, -0.05) is 12.1 Å². The molecule has 0 fully saturated rings. The molecule has 0 unspecified atom stereocenters. The van der Waals surface area contributed by atoms with Gasteiger partial charge in [0.1, 0.15) is 11.4 Å². The van der Waals surface area contributed by atoms with E-state index in [-0.39, 0.29) is 12.2 Å². The van der Waals surface area contributed by atoms with Crippen LogP contribution in [0.4, 0.5) is 0 Å². The van der Waals surface area contributed by atoms with Gasteiger partial charge < -0.3 is 9.47 Å². The van der Waals surface area contributed by atoms with Gasteiger partial charge in [0, 0.05) is 18.0 Å². The van der Waals surface area contributed by atoms with Crippen molar-refractivity contribution in [3.8, 4) is 17.0 Å². The highest BCUT2D eigenvalue weighted by Crippen LogP contribution is 2.34. The minimum Gasteiger partial charge on any atom is -0.496 e. The standard InChI is InChI=1S/C21H22N2O4/c1-6-27-21(25)17-12(2)11-15-18(13(17)3)20(24)23(4)22-19(15)14-9-7-8-10-16(14)26-5/h7-11H,6H2,1-5H3. The number of aryl methyl sites for hydroxylation is 3. The number of aromatic nitrogens is 2. The van der Waals surface area contributed by atoms with Gasteiger partial charge in [0.15, 0.2) is 0 Å². The van der Waals surface area contributed by atoms with Crippen molar-refractivity contribution in [1.82, 2.24) is 9.78 Å². The number of hydrogen-bond acceptors (Lipinski definition) is 5. The zero-order chi connectivity index (χ0) is 19.7. The number of nitrogens with zero attached hydrogens (tertiary/aromatic N) is 2. The second-order valence-electron chi connectivity index (χ2n) is 6.31. The number of carbonyl (C=O) groups excluding carboxylic acids is 1. The lowest BCUT2D eigenvalue weighted by Gasteiger charge is -2.16. The molecule has 0 radical (unpaired) electrons. The number of carbonyl (C=O) groups is 1. The third kappa shape index (κ3) is 3.07. The lowest BCUT2D eigenvalue weighted by molar-refractivity contribution is 0.0525. The van der Waals surface area contributed by atoms with Crippen LogP contribution in [-0.2, 0) is 11.8 Å². The Hall–Kier alpha value is -3.15. The Morgan fingerprint density at radius 1 is 1.22 bits per heavy atom. The van der Waals surface area contributed by atoms with Crippen LogP contribution in [-0.4, -0.2) is 29.5 Å². The number of para-hydroxylation sites is 1. The van der Waals surface area contributed by atoms with Crippen LogP contribution in [0.3, 0.4) is 0 Å². The normalized spacial score (nSPS) is 10.9. The molecule has 3 aromatic rings. The smallest absolute Gasteiger partial charge is 0.338 e. The molecule has 0 N–H and O–H groups in total. The third-order valence-corrected chi connectivity index (χ3v) is 4.63. The molecule has 0 atom stereocenters. The fraction of sp³-hybridized carbons (Fsp3) is 0.286. The molecule has 1 heterocycles. The highest BCUT2D eigenvalue weighted by Gasteiger charge is 2.22. The molecule has 0 spiro atoms. The number of fused-ring (bicyclic) bond motifs is 1. The Balaban J connectivity index is 2.44. The molecule has 3 rings (SSSR count). The van der Waals surface area contributed by atoms with Crippen molar-refractivity contribution in [2.45, 2.75) is 20.8 Å². The predicted octanol–water partition coefficient (Wildman–Crippen LogP) is 3.40. The fourth-order valence-corrected chi connectivity index (χ4v) is 3.41. The van der Waals surface area contributed by atoms with Gasteiger partial charge in [0.05, 0.1) is 24.7 Å². The Morgan fingerprint density at radius 3 is 2.59 bits per heavy atom. The van der Waals surface area contributed by atoms with E-state index in [0.717, 1.165) is 11.1 Å². The molecule has 6 nitrogen and oxygen atoms in total. The van der Waals surface area contributed by atoms with Crippen molar-refractivity contribution in [2.24, 2.45) is 7.05 Å². The van der Waals surface area contributed by atoms with E-state index in [9.17, 15) is 9.59 Å². The number of hydrogen-bond donors (Lipinski definition) is 0. The molecule has 0 saturated carbocycles. The van der Waals surface area contributed by atoms with Crippen LogP contribution in [0.1, 0.15) is 28.4 Å². The summed E-state index contributed by atoms with van der Waals surface area (Å²) in [6.45, 7) is 5.64. The van der Waals surface area contributed by atoms with Gasteiger partial charge >= 0.3 is 5.97 Å². The molecule has 2 aromatic carbocycles. The lowest BCUT2D eigenvalue weighted by Crippen LogP contribution is -2.23. The Kier molecular flexibility index (Phi) is 4.99. The first-order valence-corrected chi connectivity index (χ1v) is 8.72. The number of benzene rings is 2. The molecule has 0 amide bonds. The maximum absolute atomic E-state index is 12.8. The van der Waals surface area contributed by atoms with Crippen LogP contribution < -0.4 is 10.3 Å². The molecular weight excluding hydrogens is 344 g/mol. The minimum absolute atomic E-state index is 0.258. The van der Waals surface area contributed by atoms with Crippen molar-refractivity contribution in [3.05, 3.63) is 57.4 Å². The zero-order valence-corrected chi connectivity index (χ0v) is 16.1. The average Bonchev–Trinajstić information content (AvgIpc) is 2.64. The molecule has 27 heavy (non-hydrogen) atoms. The molecule has 6 heteroatoms. The maximum atomic E-state index is 12.8. The quantitative estimate of drug-likeness (QED) is 0.662. The van der Waals surface area contributed by atoms with Crippen LogP contribution >= 0.6 is 0 Å². The average molecular weight is 366 g/mol. The van der Waals surface area contributed by atoms with Gasteiger partial charge in [-0.05, 0) is 50.1 Å². The van der Waals surface area contributed by atoms with Gasteiger partial charge in [0.25, 0.3) is 5.56 Å². The Labute approximate surface area is 157 Å². The zero-order valence-electron chi connectivity index (χ0n) is 16.1. The third-order valence-electron chi connectivity index (χ3n) is 4.63. The largest absolute Gasteiger partial charge is 0.496 e. The SMILES string of the molecule is CCOC(=O)c1c(C)cc2c(-c3ccccc3OC)nn(C)c(=O)c2c1C. The number of rotatable bonds is 4. The molecule has 0 aliphatic carbocycles. The van der Waals surface area contributed by atoms with E-state index in [2.05, 4.69) is 5.10 Å². The van der Waals surface area contributed by atoms with E-state index in [0.29, 0.717) is 33.3 Å². The molecule has 0 bridgehead atoms. The van der Waals surface area contributed by atoms with E-state index in [1.165, 1.54) is 4.68 Å². The topological polar surface area (TPSA) is 70.4 Å². The first kappa shape index (κ1) is 18.6. The van der Waals surface area contributed by atoms with Crippen molar-refractivity contribution in [1.29, 1.82) is 0 Å². The molecule has 0 saturated heterocycles. The second kappa shape index (κ2) is 7.23. The molecule has 0 aliphatic heterocycles. The monoisotopic (exact) mass is 366 g/mol. The number of ether oxygens (including phenoxy) is 2. The summed E-state index contributed by atoms with van der Waals surface area (Å²) in [5.74, 6) is 0.238. The summed E-state index contributed by atoms with van der Waals surface area (Å²) in [4.78, 5) is 25.3. The highest BCUT2D eigenvalue weighted by molar-refractivity contribution is 6.04. The minimum atomic E-state index is -0.424. The summed E-state index contributed by atoms with van der Waals surface area (Å²) < 4.78 is 11.9. The Bertz CT molecular complexity index is 1100. The van der Waals surface area contributed by atoms with Crippen LogP contribution in [0.2, 0.25) is 0 Å². The van der Waals surface area contributed by atoms with E-state index in [4.69, 9.17) is 9.47 Å². The molecule has 1 aromatic heterocycles. The Morgan fingerprint density at radius 2 is 1.93 bits per heavy atom. The van der Waals surface area contributed by atoms with Crippen molar-refractivity contribution < 1.29 is 14.3 Å². The van der Waals surface area contributed by atoms with Crippen LogP contribution in [0.25, 0.3) is 22.0 Å². The first-order valence-electron chi connectivity index (χ1n) is 8.72. The summed E-state index contributed by atoms with van der Waals surface area (Å²) in [5.41, 5.74) is 2.92. The van der Waals surface area contributed by atoms with E-state index >= 15 is 0 Å². The van der Waals surface area contributed by atoms with Crippen LogP contribution in [0, 0.1) is 13.8 Å². The second-order valence-corrected chi connectivity index (χ2v) is 6.31. The predicted molar refractivity (Wildman–Crippen MR) is 104 cm³/mol. The summed E-state index contributed by atoms with van der Waals surface area (Å²) in [7, 11) is 3.20. The maximum Gasteiger partial charge on any atom is 0.338 e. The van der Waals surface area contributed by atoms with Crippen molar-refractivity contribution in [2.75, 3.05) is 13.7 Å². The molecule has 140 valence electrons. The molecular formula is C21H22N2O4.